The fraction of sp³-hybridized carbons (Fsp3) is 0.571. The van der Waals surface area contributed by atoms with Gasteiger partial charge in [0.25, 0.3) is 11.7 Å². The minimum absolute atomic E-state index is 0.0311. The third kappa shape index (κ3) is 2.61. The second kappa shape index (κ2) is 5.40. The number of aryl methyl sites for hydroxylation is 2. The first-order chi connectivity index (χ1) is 10.1. The molecule has 1 aliphatic heterocycles. The van der Waals surface area contributed by atoms with E-state index >= 15 is 0 Å². The van der Waals surface area contributed by atoms with Crippen LogP contribution in [0, 0.1) is 6.92 Å². The van der Waals surface area contributed by atoms with E-state index in [1.54, 1.807) is 10.7 Å². The summed E-state index contributed by atoms with van der Waals surface area (Å²) in [7, 11) is 2.07. The predicted molar refractivity (Wildman–Crippen MR) is 78.3 cm³/mol. The fourth-order valence-corrected chi connectivity index (χ4v) is 2.49. The Morgan fingerprint density at radius 2 is 1.95 bits per heavy atom. The molecule has 0 bridgehead atoms. The number of piperazine rings is 1. The third-order valence-corrected chi connectivity index (χ3v) is 3.90. The van der Waals surface area contributed by atoms with Gasteiger partial charge >= 0.3 is 0 Å². The Balaban J connectivity index is 1.91. The molecular weight excluding hydrogens is 268 g/mol. The molecule has 0 aromatic carbocycles. The highest BCUT2D eigenvalue weighted by Gasteiger charge is 2.23. The second-order valence-electron chi connectivity index (χ2n) is 5.46. The Morgan fingerprint density at radius 1 is 1.24 bits per heavy atom. The lowest BCUT2D eigenvalue weighted by Crippen LogP contribution is -2.47. The first-order valence-corrected chi connectivity index (χ1v) is 7.29. The van der Waals surface area contributed by atoms with Gasteiger partial charge in [0.15, 0.2) is 5.82 Å². The zero-order valence-electron chi connectivity index (χ0n) is 12.7. The van der Waals surface area contributed by atoms with Gasteiger partial charge in [0.05, 0.1) is 11.3 Å². The van der Waals surface area contributed by atoms with E-state index in [0.717, 1.165) is 38.4 Å². The monoisotopic (exact) mass is 288 g/mol. The summed E-state index contributed by atoms with van der Waals surface area (Å²) in [6.45, 7) is 7.17. The van der Waals surface area contributed by atoms with Crippen LogP contribution in [-0.4, -0.2) is 68.5 Å². The van der Waals surface area contributed by atoms with Crippen molar-refractivity contribution in [3.05, 3.63) is 23.3 Å². The summed E-state index contributed by atoms with van der Waals surface area (Å²) in [6, 6.07) is 0. The van der Waals surface area contributed by atoms with Crippen molar-refractivity contribution >= 4 is 11.7 Å². The van der Waals surface area contributed by atoms with Gasteiger partial charge in [-0.05, 0) is 14.0 Å². The van der Waals surface area contributed by atoms with Crippen LogP contribution in [0.25, 0.3) is 5.78 Å². The SMILES string of the molecule is CCc1nc2nc(C)c(C(=O)N3CCN(C)CC3)cn2n1. The molecule has 0 aliphatic carbocycles. The minimum atomic E-state index is 0.0311. The molecular formula is C14H20N6O. The van der Waals surface area contributed by atoms with Crippen LogP contribution in [0.15, 0.2) is 6.20 Å². The van der Waals surface area contributed by atoms with Crippen LogP contribution in [0.5, 0.6) is 0 Å². The molecule has 7 nitrogen and oxygen atoms in total. The van der Waals surface area contributed by atoms with Crippen molar-refractivity contribution in [3.63, 3.8) is 0 Å². The molecule has 0 atom stereocenters. The second-order valence-corrected chi connectivity index (χ2v) is 5.46. The van der Waals surface area contributed by atoms with Crippen LogP contribution in [0.1, 0.15) is 28.8 Å². The lowest BCUT2D eigenvalue weighted by atomic mass is 10.2. The summed E-state index contributed by atoms with van der Waals surface area (Å²) in [5.41, 5.74) is 1.32. The molecule has 0 spiro atoms. The number of fused-ring (bicyclic) bond motifs is 1. The molecule has 112 valence electrons. The number of hydrogen-bond donors (Lipinski definition) is 0. The maximum Gasteiger partial charge on any atom is 0.257 e. The maximum atomic E-state index is 12.7. The number of carbonyl (C=O) groups excluding carboxylic acids is 1. The molecule has 1 aliphatic rings. The van der Waals surface area contributed by atoms with Crippen LogP contribution in [-0.2, 0) is 6.42 Å². The van der Waals surface area contributed by atoms with Gasteiger partial charge in [-0.2, -0.15) is 4.98 Å². The summed E-state index contributed by atoms with van der Waals surface area (Å²) in [5.74, 6) is 1.33. The Morgan fingerprint density at radius 3 is 2.62 bits per heavy atom. The van der Waals surface area contributed by atoms with E-state index in [0.29, 0.717) is 17.0 Å². The fourth-order valence-electron chi connectivity index (χ4n) is 2.49. The quantitative estimate of drug-likeness (QED) is 0.799. The lowest BCUT2D eigenvalue weighted by molar-refractivity contribution is 0.0662. The molecule has 1 amide bonds. The van der Waals surface area contributed by atoms with E-state index in [1.165, 1.54) is 0 Å². The van der Waals surface area contributed by atoms with Crippen molar-refractivity contribution in [2.45, 2.75) is 20.3 Å². The summed E-state index contributed by atoms with van der Waals surface area (Å²) in [5, 5.41) is 4.34. The highest BCUT2D eigenvalue weighted by molar-refractivity contribution is 5.95. The number of amides is 1. The van der Waals surface area contributed by atoms with Crippen LogP contribution < -0.4 is 0 Å². The van der Waals surface area contributed by atoms with E-state index in [1.807, 2.05) is 18.7 Å². The molecule has 0 unspecified atom stereocenters. The maximum absolute atomic E-state index is 12.7. The van der Waals surface area contributed by atoms with Crippen LogP contribution in [0.4, 0.5) is 0 Å². The zero-order valence-corrected chi connectivity index (χ0v) is 12.7. The number of hydrogen-bond acceptors (Lipinski definition) is 5. The number of rotatable bonds is 2. The summed E-state index contributed by atoms with van der Waals surface area (Å²) in [6.07, 6.45) is 2.51. The summed E-state index contributed by atoms with van der Waals surface area (Å²) < 4.78 is 1.61. The molecule has 2 aromatic heterocycles. The molecule has 1 saturated heterocycles. The van der Waals surface area contributed by atoms with Crippen molar-refractivity contribution in [1.82, 2.24) is 29.4 Å². The summed E-state index contributed by atoms with van der Waals surface area (Å²) in [4.78, 5) is 25.5. The van der Waals surface area contributed by atoms with Crippen LogP contribution in [0.3, 0.4) is 0 Å². The zero-order chi connectivity index (χ0) is 15.0. The lowest BCUT2D eigenvalue weighted by Gasteiger charge is -2.32. The van der Waals surface area contributed by atoms with Crippen molar-refractivity contribution in [2.24, 2.45) is 0 Å². The van der Waals surface area contributed by atoms with Gasteiger partial charge in [0, 0.05) is 38.8 Å². The van der Waals surface area contributed by atoms with Crippen molar-refractivity contribution in [3.8, 4) is 0 Å². The summed E-state index contributed by atoms with van der Waals surface area (Å²) >= 11 is 0. The standard InChI is InChI=1S/C14H20N6O/c1-4-12-16-14-15-10(2)11(9-20(14)17-12)13(21)19-7-5-18(3)6-8-19/h9H,4-8H2,1-3H3. The average Bonchev–Trinajstić information content (AvgIpc) is 2.88. The van der Waals surface area contributed by atoms with Crippen molar-refractivity contribution in [2.75, 3.05) is 33.2 Å². The number of likely N-dealkylation sites (N-methyl/N-ethyl adjacent to an activating group) is 1. The molecule has 0 N–H and O–H groups in total. The normalized spacial score (nSPS) is 16.6. The Labute approximate surface area is 123 Å². The van der Waals surface area contributed by atoms with Crippen LogP contribution >= 0.6 is 0 Å². The van der Waals surface area contributed by atoms with Gasteiger partial charge in [-0.1, -0.05) is 6.92 Å². The van der Waals surface area contributed by atoms with E-state index in [-0.39, 0.29) is 5.91 Å². The first kappa shape index (κ1) is 13.9. The van der Waals surface area contributed by atoms with Gasteiger partial charge in [0.1, 0.15) is 0 Å². The number of aromatic nitrogens is 4. The van der Waals surface area contributed by atoms with E-state index in [9.17, 15) is 4.79 Å². The average molecular weight is 288 g/mol. The Kier molecular flexibility index (Phi) is 3.59. The number of nitrogens with zero attached hydrogens (tertiary/aromatic N) is 6. The molecule has 0 radical (unpaired) electrons. The molecule has 3 rings (SSSR count). The Hall–Kier alpha value is -2.02. The molecule has 1 fully saturated rings. The topological polar surface area (TPSA) is 66.6 Å². The van der Waals surface area contributed by atoms with Gasteiger partial charge in [-0.15, -0.1) is 5.10 Å². The number of carbonyl (C=O) groups is 1. The highest BCUT2D eigenvalue weighted by Crippen LogP contribution is 2.12. The van der Waals surface area contributed by atoms with Crippen LogP contribution in [0.2, 0.25) is 0 Å². The largest absolute Gasteiger partial charge is 0.336 e. The molecule has 7 heteroatoms. The molecule has 2 aromatic rings. The van der Waals surface area contributed by atoms with Gasteiger partial charge in [-0.3, -0.25) is 4.79 Å². The smallest absolute Gasteiger partial charge is 0.257 e. The minimum Gasteiger partial charge on any atom is -0.336 e. The van der Waals surface area contributed by atoms with Crippen molar-refractivity contribution < 1.29 is 4.79 Å². The Bertz CT molecular complexity index is 671. The molecule has 3 heterocycles. The van der Waals surface area contributed by atoms with E-state index in [2.05, 4.69) is 27.0 Å². The van der Waals surface area contributed by atoms with Gasteiger partial charge in [0.2, 0.25) is 0 Å². The van der Waals surface area contributed by atoms with E-state index in [4.69, 9.17) is 0 Å². The molecule has 21 heavy (non-hydrogen) atoms. The van der Waals surface area contributed by atoms with Gasteiger partial charge in [-0.25, -0.2) is 9.50 Å². The van der Waals surface area contributed by atoms with E-state index < -0.39 is 0 Å². The highest BCUT2D eigenvalue weighted by atomic mass is 16.2. The van der Waals surface area contributed by atoms with Gasteiger partial charge < -0.3 is 9.80 Å². The third-order valence-electron chi connectivity index (χ3n) is 3.90. The van der Waals surface area contributed by atoms with Crippen molar-refractivity contribution in [1.29, 1.82) is 0 Å². The molecule has 0 saturated carbocycles. The first-order valence-electron chi connectivity index (χ1n) is 7.29. The predicted octanol–water partition coefficient (Wildman–Crippen LogP) is 0.383.